The van der Waals surface area contributed by atoms with Gasteiger partial charge in [0.2, 0.25) is 5.82 Å². The van der Waals surface area contributed by atoms with E-state index < -0.39 is 11.7 Å². The first-order valence-corrected chi connectivity index (χ1v) is 11.7. The molecule has 0 bridgehead atoms. The topological polar surface area (TPSA) is 85.8 Å². The Labute approximate surface area is 196 Å². The summed E-state index contributed by atoms with van der Waals surface area (Å²) in [5.74, 6) is 0.739. The summed E-state index contributed by atoms with van der Waals surface area (Å²) in [7, 11) is 0. The van der Waals surface area contributed by atoms with Gasteiger partial charge in [-0.2, -0.15) is 0 Å². The molecule has 7 nitrogen and oxygen atoms in total. The predicted molar refractivity (Wildman–Crippen MR) is 125 cm³/mol. The highest BCUT2D eigenvalue weighted by Gasteiger charge is 2.19. The van der Waals surface area contributed by atoms with Crippen LogP contribution in [0.2, 0.25) is 0 Å². The van der Waals surface area contributed by atoms with E-state index in [-0.39, 0.29) is 11.4 Å². The van der Waals surface area contributed by atoms with Gasteiger partial charge in [-0.25, -0.2) is 9.37 Å². The van der Waals surface area contributed by atoms with E-state index in [1.54, 1.807) is 29.8 Å². The van der Waals surface area contributed by atoms with Crippen LogP contribution in [0.25, 0.3) is 17.3 Å². The van der Waals surface area contributed by atoms with E-state index in [1.165, 1.54) is 35.2 Å². The number of benzene rings is 2. The lowest BCUT2D eigenvalue weighted by atomic mass is 10.3. The number of hydrogen-bond donors (Lipinski definition) is 1. The second kappa shape index (κ2) is 9.39. The number of thioether (sulfide) groups is 1. The number of halogens is 1. The highest BCUT2D eigenvalue weighted by atomic mass is 32.2. The van der Waals surface area contributed by atoms with Crippen molar-refractivity contribution >= 4 is 34.7 Å². The molecule has 1 N–H and O–H groups in total. The lowest BCUT2D eigenvalue weighted by molar-refractivity contribution is 0.102. The number of furan rings is 1. The monoisotopic (exact) mass is 477 g/mol. The van der Waals surface area contributed by atoms with Crippen molar-refractivity contribution in [1.29, 1.82) is 0 Å². The fourth-order valence-corrected chi connectivity index (χ4v) is 4.84. The fourth-order valence-electron chi connectivity index (χ4n) is 3.10. The summed E-state index contributed by atoms with van der Waals surface area (Å²) < 4.78 is 21.3. The first-order valence-electron chi connectivity index (χ1n) is 9.87. The van der Waals surface area contributed by atoms with Crippen LogP contribution in [0.5, 0.6) is 0 Å². The molecule has 3 aromatic heterocycles. The number of carbonyl (C=O) groups is 1. The molecule has 0 aliphatic rings. The third-order valence-electron chi connectivity index (χ3n) is 4.62. The Morgan fingerprint density at radius 3 is 2.67 bits per heavy atom. The minimum atomic E-state index is -0.496. The number of nitrogens with one attached hydrogen (secondary N) is 1. The number of anilines is 1. The molecule has 33 heavy (non-hydrogen) atoms. The normalized spacial score (nSPS) is 10.9. The second-order valence-corrected chi connectivity index (χ2v) is 8.69. The maximum atomic E-state index is 13.8. The van der Waals surface area contributed by atoms with Crippen molar-refractivity contribution in [2.45, 2.75) is 10.9 Å². The van der Waals surface area contributed by atoms with Gasteiger partial charge in [-0.1, -0.05) is 42.1 Å². The first kappa shape index (κ1) is 21.1. The fraction of sp³-hybridized carbons (Fsp3) is 0.0435. The summed E-state index contributed by atoms with van der Waals surface area (Å²) in [4.78, 5) is 16.8. The highest BCUT2D eigenvalue weighted by Crippen LogP contribution is 2.30. The van der Waals surface area contributed by atoms with Gasteiger partial charge < -0.3 is 9.73 Å². The molecule has 0 radical (unpaired) electrons. The molecule has 10 heteroatoms. The largest absolute Gasteiger partial charge is 0.461 e. The van der Waals surface area contributed by atoms with E-state index in [2.05, 4.69) is 20.5 Å². The van der Waals surface area contributed by atoms with Crippen molar-refractivity contribution in [2.75, 3.05) is 5.32 Å². The molecule has 0 atom stereocenters. The van der Waals surface area contributed by atoms with E-state index in [9.17, 15) is 9.18 Å². The second-order valence-electron chi connectivity index (χ2n) is 6.80. The zero-order valence-corrected chi connectivity index (χ0v) is 18.6. The Kier molecular flexibility index (Phi) is 6.01. The predicted octanol–water partition coefficient (Wildman–Crippen LogP) is 5.67. The van der Waals surface area contributed by atoms with Crippen LogP contribution in [0, 0.1) is 5.82 Å². The van der Waals surface area contributed by atoms with Crippen LogP contribution in [-0.2, 0) is 5.75 Å². The van der Waals surface area contributed by atoms with E-state index in [1.807, 2.05) is 41.0 Å². The van der Waals surface area contributed by atoms with Gasteiger partial charge in [-0.05, 0) is 36.4 Å². The Hall–Kier alpha value is -3.76. The summed E-state index contributed by atoms with van der Waals surface area (Å²) in [6, 6.07) is 19.4. The Morgan fingerprint density at radius 2 is 1.88 bits per heavy atom. The first-order chi connectivity index (χ1) is 16.2. The van der Waals surface area contributed by atoms with Crippen molar-refractivity contribution in [3.8, 4) is 17.3 Å². The molecule has 2 aromatic carbocycles. The summed E-state index contributed by atoms with van der Waals surface area (Å²) >= 11 is 2.80. The van der Waals surface area contributed by atoms with Crippen LogP contribution in [0.15, 0.2) is 87.9 Å². The summed E-state index contributed by atoms with van der Waals surface area (Å²) in [5.41, 5.74) is 1.26. The Balaban J connectivity index is 1.34. The van der Waals surface area contributed by atoms with Gasteiger partial charge in [0, 0.05) is 11.1 Å². The Bertz CT molecular complexity index is 1380. The van der Waals surface area contributed by atoms with Crippen LogP contribution in [0.1, 0.15) is 15.5 Å². The minimum absolute atomic E-state index is 0.118. The number of thiazole rings is 1. The zero-order chi connectivity index (χ0) is 22.6. The van der Waals surface area contributed by atoms with Crippen LogP contribution in [0.4, 0.5) is 10.1 Å². The van der Waals surface area contributed by atoms with Gasteiger partial charge in [-0.15, -0.1) is 21.5 Å². The average molecular weight is 478 g/mol. The average Bonchev–Trinajstić information content (AvgIpc) is 3.60. The van der Waals surface area contributed by atoms with Gasteiger partial charge in [-0.3, -0.25) is 9.36 Å². The van der Waals surface area contributed by atoms with E-state index in [0.29, 0.717) is 22.5 Å². The molecule has 0 saturated carbocycles. The molecule has 0 unspecified atom stereocenters. The molecule has 0 aliphatic carbocycles. The third-order valence-corrected chi connectivity index (χ3v) is 6.59. The molecule has 0 spiro atoms. The van der Waals surface area contributed by atoms with Gasteiger partial charge in [0.1, 0.15) is 16.5 Å². The SMILES string of the molecule is O=C(Nc1ccccc1F)c1csc(CSc2nnc(-c3ccco3)n2-c2ccccc2)n1. The van der Waals surface area contributed by atoms with Gasteiger partial charge >= 0.3 is 0 Å². The van der Waals surface area contributed by atoms with Crippen LogP contribution in [0.3, 0.4) is 0 Å². The maximum Gasteiger partial charge on any atom is 0.275 e. The molecule has 1 amide bonds. The number of aromatic nitrogens is 4. The third kappa shape index (κ3) is 4.57. The van der Waals surface area contributed by atoms with E-state index in [4.69, 9.17) is 4.42 Å². The van der Waals surface area contributed by atoms with Crippen molar-refractivity contribution in [1.82, 2.24) is 19.7 Å². The molecule has 3 heterocycles. The number of nitrogens with zero attached hydrogens (tertiary/aromatic N) is 4. The van der Waals surface area contributed by atoms with Gasteiger partial charge in [0.25, 0.3) is 5.91 Å². The molecule has 0 saturated heterocycles. The molecule has 0 fully saturated rings. The maximum absolute atomic E-state index is 13.8. The summed E-state index contributed by atoms with van der Waals surface area (Å²) in [5, 5.41) is 14.3. The number of carbonyl (C=O) groups excluding carboxylic acids is 1. The Morgan fingerprint density at radius 1 is 1.06 bits per heavy atom. The minimum Gasteiger partial charge on any atom is -0.461 e. The number of para-hydroxylation sites is 2. The number of hydrogen-bond acceptors (Lipinski definition) is 7. The summed E-state index contributed by atoms with van der Waals surface area (Å²) in [6.45, 7) is 0. The highest BCUT2D eigenvalue weighted by molar-refractivity contribution is 7.98. The van der Waals surface area contributed by atoms with Crippen molar-refractivity contribution in [3.05, 3.63) is 94.9 Å². The zero-order valence-electron chi connectivity index (χ0n) is 17.0. The van der Waals surface area contributed by atoms with Crippen molar-refractivity contribution < 1.29 is 13.6 Å². The van der Waals surface area contributed by atoms with Crippen LogP contribution < -0.4 is 5.32 Å². The van der Waals surface area contributed by atoms with E-state index in [0.717, 1.165) is 10.7 Å². The van der Waals surface area contributed by atoms with Gasteiger partial charge in [0.05, 0.1) is 17.7 Å². The van der Waals surface area contributed by atoms with Crippen molar-refractivity contribution in [3.63, 3.8) is 0 Å². The lowest BCUT2D eigenvalue weighted by Gasteiger charge is -2.08. The molecule has 0 aliphatic heterocycles. The molecule has 5 rings (SSSR count). The molecular formula is C23H16FN5O2S2. The van der Waals surface area contributed by atoms with Crippen molar-refractivity contribution in [2.24, 2.45) is 0 Å². The smallest absolute Gasteiger partial charge is 0.275 e. The standard InChI is InChI=1S/C23H16FN5O2S2/c24-16-9-4-5-10-17(16)26-22(30)18-13-32-20(25-18)14-33-23-28-27-21(19-11-6-12-31-19)29(23)15-7-2-1-3-8-15/h1-13H,14H2,(H,26,30). The van der Waals surface area contributed by atoms with E-state index >= 15 is 0 Å². The molecule has 5 aromatic rings. The van der Waals surface area contributed by atoms with Crippen LogP contribution >= 0.6 is 23.1 Å². The van der Waals surface area contributed by atoms with Gasteiger partial charge in [0.15, 0.2) is 10.9 Å². The summed E-state index contributed by atoms with van der Waals surface area (Å²) in [6.07, 6.45) is 1.59. The molecular weight excluding hydrogens is 461 g/mol. The number of amides is 1. The quantitative estimate of drug-likeness (QED) is 0.304. The van der Waals surface area contributed by atoms with Crippen LogP contribution in [-0.4, -0.2) is 25.7 Å². The lowest BCUT2D eigenvalue weighted by Crippen LogP contribution is -2.13. The number of rotatable bonds is 7. The molecule has 164 valence electrons.